The van der Waals surface area contributed by atoms with Crippen molar-refractivity contribution in [2.45, 2.75) is 104 Å². The van der Waals surface area contributed by atoms with E-state index in [0.717, 1.165) is 57.6 Å². The van der Waals surface area contributed by atoms with Crippen molar-refractivity contribution in [3.63, 3.8) is 0 Å². The molecule has 0 fully saturated rings. The van der Waals surface area contributed by atoms with Crippen LogP contribution in [-0.2, 0) is 12.8 Å². The summed E-state index contributed by atoms with van der Waals surface area (Å²) in [6, 6.07) is 53.4. The summed E-state index contributed by atoms with van der Waals surface area (Å²) in [5.74, 6) is 0.689. The first-order valence-electron chi connectivity index (χ1n) is 22.8. The number of benzene rings is 6. The van der Waals surface area contributed by atoms with Crippen molar-refractivity contribution >= 4 is 43.6 Å². The van der Waals surface area contributed by atoms with Gasteiger partial charge in [-0.25, -0.2) is 9.97 Å². The van der Waals surface area contributed by atoms with Crippen LogP contribution in [0.25, 0.3) is 77.8 Å². The van der Waals surface area contributed by atoms with Crippen molar-refractivity contribution in [2.24, 2.45) is 0 Å². The lowest BCUT2D eigenvalue weighted by atomic mass is 10.00. The maximum Gasteiger partial charge on any atom is 0.235 e. The Kier molecular flexibility index (Phi) is 12.2. The molecule has 3 aromatic heterocycles. The molecular formula is C56H58N4. The Morgan fingerprint density at radius 2 is 0.850 bits per heavy atom. The first-order chi connectivity index (χ1) is 29.7. The van der Waals surface area contributed by atoms with Gasteiger partial charge in [-0.1, -0.05) is 181 Å². The molecule has 0 N–H and O–H groups in total. The van der Waals surface area contributed by atoms with Gasteiger partial charge in [0.05, 0.1) is 33.5 Å². The van der Waals surface area contributed by atoms with E-state index in [1.807, 2.05) is 0 Å². The summed E-state index contributed by atoms with van der Waals surface area (Å²) in [6.45, 7) is 4.57. The van der Waals surface area contributed by atoms with Crippen LogP contribution >= 0.6 is 0 Å². The fourth-order valence-electron chi connectivity index (χ4n) is 9.38. The summed E-state index contributed by atoms with van der Waals surface area (Å²) in [7, 11) is 0. The van der Waals surface area contributed by atoms with Crippen molar-refractivity contribution in [1.82, 2.24) is 19.1 Å². The molecule has 9 rings (SSSR count). The average molecular weight is 787 g/mol. The molecule has 9 aromatic rings. The molecule has 0 atom stereocenters. The molecule has 0 aliphatic rings. The summed E-state index contributed by atoms with van der Waals surface area (Å²) in [6.07, 6.45) is 17.7. The molecule has 0 aliphatic heterocycles. The molecule has 0 amide bonds. The van der Waals surface area contributed by atoms with Crippen LogP contribution in [0, 0.1) is 0 Å². The van der Waals surface area contributed by atoms with E-state index in [2.05, 4.69) is 169 Å². The second-order valence-corrected chi connectivity index (χ2v) is 16.8. The molecule has 0 radical (unpaired) electrons. The largest absolute Gasteiger partial charge is 0.307 e. The lowest BCUT2D eigenvalue weighted by Crippen LogP contribution is -2.05. The van der Waals surface area contributed by atoms with Gasteiger partial charge in [0.2, 0.25) is 5.95 Å². The molecule has 4 heteroatoms. The molecule has 0 spiro atoms. The summed E-state index contributed by atoms with van der Waals surface area (Å²) < 4.78 is 4.78. The highest BCUT2D eigenvalue weighted by Crippen LogP contribution is 2.41. The number of hydrogen-bond donors (Lipinski definition) is 0. The van der Waals surface area contributed by atoms with E-state index >= 15 is 0 Å². The summed E-state index contributed by atoms with van der Waals surface area (Å²) >= 11 is 0. The first-order valence-corrected chi connectivity index (χ1v) is 22.8. The van der Waals surface area contributed by atoms with Crippen molar-refractivity contribution < 1.29 is 0 Å². The minimum atomic E-state index is 0.689. The van der Waals surface area contributed by atoms with Crippen LogP contribution in [0.15, 0.2) is 146 Å². The van der Waals surface area contributed by atoms with E-state index in [1.54, 1.807) is 0 Å². The fraction of sp³-hybridized carbons (Fsp3) is 0.286. The molecule has 0 unspecified atom stereocenters. The monoisotopic (exact) mass is 786 g/mol. The van der Waals surface area contributed by atoms with Gasteiger partial charge in [0.25, 0.3) is 0 Å². The summed E-state index contributed by atoms with van der Waals surface area (Å²) in [5.41, 5.74) is 12.6. The Balaban J connectivity index is 1.23. The fourth-order valence-corrected chi connectivity index (χ4v) is 9.38. The number of unbranched alkanes of at least 4 members (excludes halogenated alkanes) is 10. The van der Waals surface area contributed by atoms with Crippen LogP contribution in [0.5, 0.6) is 0 Å². The number of fused-ring (bicyclic) bond motifs is 7. The van der Waals surface area contributed by atoms with Crippen molar-refractivity contribution in [3.05, 3.63) is 157 Å². The standard InChI is InChI=1S/C56H58N4/c1-3-5-7-9-11-14-24-41-26-22-28-43(38-41)50-40-51(44-29-23-27-42(39-44)25-15-12-10-8-6-4-2)58-56(57-50)60-53-35-21-19-33-47(53)49-37-36-48-46-32-18-20-34-52(46)59(54(48)55(49)60)45-30-16-13-17-31-45/h13,16-23,26-40H,3-12,14-15,24-25H2,1-2H3. The topological polar surface area (TPSA) is 35.6 Å². The number of aryl methyl sites for hydroxylation is 2. The maximum absolute atomic E-state index is 5.56. The highest BCUT2D eigenvalue weighted by atomic mass is 15.2. The third-order valence-corrected chi connectivity index (χ3v) is 12.5. The third kappa shape index (κ3) is 8.13. The molecule has 60 heavy (non-hydrogen) atoms. The van der Waals surface area contributed by atoms with Gasteiger partial charge in [0.15, 0.2) is 0 Å². The Morgan fingerprint density at radius 1 is 0.383 bits per heavy atom. The minimum Gasteiger partial charge on any atom is -0.307 e. The van der Waals surface area contributed by atoms with Gasteiger partial charge >= 0.3 is 0 Å². The molecule has 4 nitrogen and oxygen atoms in total. The molecule has 0 aliphatic carbocycles. The molecule has 0 bridgehead atoms. The second kappa shape index (κ2) is 18.5. The predicted octanol–water partition coefficient (Wildman–Crippen LogP) is 15.8. The van der Waals surface area contributed by atoms with Gasteiger partial charge in [-0.15, -0.1) is 0 Å². The molecule has 6 aromatic carbocycles. The SMILES string of the molecule is CCCCCCCCc1cccc(-c2cc(-c3cccc(CCCCCCCC)c3)nc(-n3c4ccccc4c4ccc5c6ccccc6n(-c6ccccc6)c5c43)n2)c1. The Morgan fingerprint density at radius 3 is 1.40 bits per heavy atom. The van der Waals surface area contributed by atoms with Gasteiger partial charge in [-0.05, 0) is 79.3 Å². The van der Waals surface area contributed by atoms with Crippen molar-refractivity contribution in [3.8, 4) is 34.2 Å². The van der Waals surface area contributed by atoms with Gasteiger partial charge in [-0.3, -0.25) is 4.57 Å². The first kappa shape index (κ1) is 39.5. The maximum atomic E-state index is 5.56. The van der Waals surface area contributed by atoms with Crippen LogP contribution in [-0.4, -0.2) is 19.1 Å². The zero-order chi connectivity index (χ0) is 40.7. The minimum absolute atomic E-state index is 0.689. The number of para-hydroxylation sites is 3. The number of nitrogens with zero attached hydrogens (tertiary/aromatic N) is 4. The van der Waals surface area contributed by atoms with Gasteiger partial charge < -0.3 is 4.57 Å². The van der Waals surface area contributed by atoms with Gasteiger partial charge in [-0.2, -0.15) is 0 Å². The quantitative estimate of drug-likeness (QED) is 0.0812. The van der Waals surface area contributed by atoms with Crippen LogP contribution < -0.4 is 0 Å². The highest BCUT2D eigenvalue weighted by molar-refractivity contribution is 6.23. The number of aromatic nitrogens is 4. The van der Waals surface area contributed by atoms with Crippen LogP contribution in [0.4, 0.5) is 0 Å². The van der Waals surface area contributed by atoms with E-state index in [-0.39, 0.29) is 0 Å². The Bertz CT molecular complexity index is 2780. The third-order valence-electron chi connectivity index (χ3n) is 12.5. The molecule has 0 saturated carbocycles. The van der Waals surface area contributed by atoms with Crippen LogP contribution in [0.1, 0.15) is 102 Å². The van der Waals surface area contributed by atoms with Gasteiger partial charge in [0.1, 0.15) is 0 Å². The zero-order valence-electron chi connectivity index (χ0n) is 35.5. The van der Waals surface area contributed by atoms with E-state index < -0.39 is 0 Å². The normalized spacial score (nSPS) is 11.8. The van der Waals surface area contributed by atoms with Crippen molar-refractivity contribution in [2.75, 3.05) is 0 Å². The Hall–Kier alpha value is -6.00. The van der Waals surface area contributed by atoms with E-state index in [9.17, 15) is 0 Å². The van der Waals surface area contributed by atoms with Crippen LogP contribution in [0.2, 0.25) is 0 Å². The highest BCUT2D eigenvalue weighted by Gasteiger charge is 2.23. The second-order valence-electron chi connectivity index (χ2n) is 16.8. The Labute approximate surface area is 356 Å². The van der Waals surface area contributed by atoms with Crippen LogP contribution in [0.3, 0.4) is 0 Å². The average Bonchev–Trinajstić information content (AvgIpc) is 3.82. The number of rotatable bonds is 18. The molecule has 3 heterocycles. The lowest BCUT2D eigenvalue weighted by molar-refractivity contribution is 0.607. The van der Waals surface area contributed by atoms with Gasteiger partial charge in [0, 0.05) is 38.4 Å². The van der Waals surface area contributed by atoms with Crippen molar-refractivity contribution in [1.29, 1.82) is 0 Å². The molecular weight excluding hydrogens is 729 g/mol. The zero-order valence-corrected chi connectivity index (χ0v) is 35.5. The summed E-state index contributed by atoms with van der Waals surface area (Å²) in [5, 5.41) is 4.83. The predicted molar refractivity (Wildman–Crippen MR) is 256 cm³/mol. The summed E-state index contributed by atoms with van der Waals surface area (Å²) in [4.78, 5) is 11.1. The van der Waals surface area contributed by atoms with E-state index in [0.29, 0.717) is 5.95 Å². The van der Waals surface area contributed by atoms with E-state index in [4.69, 9.17) is 9.97 Å². The smallest absolute Gasteiger partial charge is 0.235 e. The number of hydrogen-bond acceptors (Lipinski definition) is 2. The lowest BCUT2D eigenvalue weighted by Gasteiger charge is -2.14. The molecule has 0 saturated heterocycles. The molecule has 302 valence electrons. The van der Waals surface area contributed by atoms with E-state index in [1.165, 1.54) is 115 Å².